The van der Waals surface area contributed by atoms with Gasteiger partial charge in [-0.1, -0.05) is 13.8 Å². The maximum Gasteiger partial charge on any atom is 0.236 e. The number of amides is 1. The molecule has 2 aliphatic heterocycles. The molecule has 0 aliphatic carbocycles. The van der Waals surface area contributed by atoms with Gasteiger partial charge in [0.05, 0.1) is 13.1 Å². The number of likely N-dealkylation sites (tertiary alicyclic amines) is 1. The molecular weight excluding hydrogens is 483 g/mol. The normalized spacial score (nSPS) is 23.7. The van der Waals surface area contributed by atoms with Crippen molar-refractivity contribution >= 4 is 35.8 Å². The van der Waals surface area contributed by atoms with Crippen LogP contribution in [0.3, 0.4) is 0 Å². The molecule has 29 heavy (non-hydrogen) atoms. The van der Waals surface area contributed by atoms with Crippen LogP contribution in [-0.2, 0) is 18.4 Å². The summed E-state index contributed by atoms with van der Waals surface area (Å²) in [5, 5.41) is 7.45. The number of hydrogen-bond donors (Lipinski definition) is 1. The van der Waals surface area contributed by atoms with E-state index in [2.05, 4.69) is 48.9 Å². The van der Waals surface area contributed by atoms with E-state index in [1.807, 2.05) is 7.05 Å². The quantitative estimate of drug-likeness (QED) is 0.358. The standard InChI is InChI=1S/C19H34N8O.HI/c1-15-9-16(2)12-27(11-15)18(28)13-25-5-7-26(8-6-25)19(20-3)21-10-17-22-14-23-24(17)4;/h14-16H,5-13H2,1-4H3,(H,20,21);1H. The summed E-state index contributed by atoms with van der Waals surface area (Å²) in [6.45, 7) is 10.9. The smallest absolute Gasteiger partial charge is 0.236 e. The van der Waals surface area contributed by atoms with Gasteiger partial charge in [0.25, 0.3) is 0 Å². The monoisotopic (exact) mass is 518 g/mol. The van der Waals surface area contributed by atoms with Crippen LogP contribution in [0.2, 0.25) is 0 Å². The van der Waals surface area contributed by atoms with Gasteiger partial charge in [0.2, 0.25) is 5.91 Å². The van der Waals surface area contributed by atoms with Crippen LogP contribution in [0.25, 0.3) is 0 Å². The Morgan fingerprint density at radius 2 is 1.83 bits per heavy atom. The maximum atomic E-state index is 12.7. The molecule has 1 amide bonds. The number of aromatic nitrogens is 3. The zero-order chi connectivity index (χ0) is 20.1. The van der Waals surface area contributed by atoms with Crippen LogP contribution in [0.15, 0.2) is 11.3 Å². The topological polar surface area (TPSA) is 81.9 Å². The van der Waals surface area contributed by atoms with Gasteiger partial charge in [0.15, 0.2) is 5.96 Å². The van der Waals surface area contributed by atoms with Gasteiger partial charge in [-0.3, -0.25) is 19.4 Å². The summed E-state index contributed by atoms with van der Waals surface area (Å²) in [6, 6.07) is 0. The van der Waals surface area contributed by atoms with Crippen LogP contribution < -0.4 is 5.32 Å². The van der Waals surface area contributed by atoms with Crippen LogP contribution in [-0.4, -0.2) is 94.2 Å². The summed E-state index contributed by atoms with van der Waals surface area (Å²) in [7, 11) is 3.68. The number of halogens is 1. The number of piperidine rings is 1. The Balaban J connectivity index is 0.00000300. The van der Waals surface area contributed by atoms with Crippen molar-refractivity contribution in [3.63, 3.8) is 0 Å². The lowest BCUT2D eigenvalue weighted by atomic mass is 9.92. The highest BCUT2D eigenvalue weighted by molar-refractivity contribution is 14.0. The number of aliphatic imine (C=N–C) groups is 1. The van der Waals surface area contributed by atoms with Gasteiger partial charge >= 0.3 is 0 Å². The number of rotatable bonds is 4. The minimum atomic E-state index is 0. The number of piperazine rings is 1. The van der Waals surface area contributed by atoms with Crippen LogP contribution in [0.5, 0.6) is 0 Å². The lowest BCUT2D eigenvalue weighted by molar-refractivity contribution is -0.135. The van der Waals surface area contributed by atoms with E-state index >= 15 is 0 Å². The average Bonchev–Trinajstić information content (AvgIpc) is 3.07. The Hall–Kier alpha value is -1.43. The first kappa shape index (κ1) is 23.8. The van der Waals surface area contributed by atoms with Gasteiger partial charge in [-0.2, -0.15) is 5.10 Å². The second-order valence-corrected chi connectivity index (χ2v) is 8.21. The number of aryl methyl sites for hydroxylation is 1. The lowest BCUT2D eigenvalue weighted by Gasteiger charge is -2.39. The summed E-state index contributed by atoms with van der Waals surface area (Å²) in [4.78, 5) is 27.9. The van der Waals surface area contributed by atoms with Gasteiger partial charge in [0.1, 0.15) is 12.2 Å². The fourth-order valence-electron chi connectivity index (χ4n) is 4.25. The second-order valence-electron chi connectivity index (χ2n) is 8.21. The van der Waals surface area contributed by atoms with Crippen molar-refractivity contribution in [2.45, 2.75) is 26.8 Å². The minimum Gasteiger partial charge on any atom is -0.349 e. The molecule has 0 spiro atoms. The van der Waals surface area contributed by atoms with E-state index in [9.17, 15) is 4.79 Å². The molecule has 3 rings (SSSR count). The molecule has 2 saturated heterocycles. The zero-order valence-corrected chi connectivity index (χ0v) is 20.4. The Morgan fingerprint density at radius 3 is 2.38 bits per heavy atom. The first-order valence-corrected chi connectivity index (χ1v) is 10.2. The Kier molecular flexibility index (Phi) is 9.12. The molecule has 2 unspecified atom stereocenters. The Labute approximate surface area is 190 Å². The highest BCUT2D eigenvalue weighted by Gasteiger charge is 2.28. The number of guanidine groups is 1. The zero-order valence-electron chi connectivity index (χ0n) is 18.0. The van der Waals surface area contributed by atoms with E-state index in [4.69, 9.17) is 0 Å². The van der Waals surface area contributed by atoms with Gasteiger partial charge in [-0.15, -0.1) is 24.0 Å². The largest absolute Gasteiger partial charge is 0.349 e. The fraction of sp³-hybridized carbons (Fsp3) is 0.789. The predicted molar refractivity (Wildman–Crippen MR) is 124 cm³/mol. The van der Waals surface area contributed by atoms with Crippen LogP contribution in [0.1, 0.15) is 26.1 Å². The Bertz CT molecular complexity index is 676. The molecule has 3 heterocycles. The third-order valence-corrected chi connectivity index (χ3v) is 5.67. The molecule has 9 nitrogen and oxygen atoms in total. The summed E-state index contributed by atoms with van der Waals surface area (Å²) in [5.74, 6) is 3.22. The van der Waals surface area contributed by atoms with Crippen LogP contribution in [0, 0.1) is 11.8 Å². The van der Waals surface area contributed by atoms with Crippen molar-refractivity contribution in [1.29, 1.82) is 0 Å². The highest BCUT2D eigenvalue weighted by atomic mass is 127. The molecule has 2 aliphatic rings. The number of carbonyl (C=O) groups is 1. The van der Waals surface area contributed by atoms with Crippen LogP contribution >= 0.6 is 24.0 Å². The molecule has 10 heteroatoms. The first-order valence-electron chi connectivity index (χ1n) is 10.2. The summed E-state index contributed by atoms with van der Waals surface area (Å²) in [5.41, 5.74) is 0. The van der Waals surface area contributed by atoms with E-state index in [1.54, 1.807) is 18.1 Å². The van der Waals surface area contributed by atoms with Crippen molar-refractivity contribution in [3.05, 3.63) is 12.2 Å². The average molecular weight is 518 g/mol. The number of nitrogens with one attached hydrogen (secondary N) is 1. The Morgan fingerprint density at radius 1 is 1.17 bits per heavy atom. The minimum absolute atomic E-state index is 0. The van der Waals surface area contributed by atoms with E-state index in [0.717, 1.165) is 51.1 Å². The summed E-state index contributed by atoms with van der Waals surface area (Å²) < 4.78 is 1.76. The third kappa shape index (κ3) is 6.53. The highest BCUT2D eigenvalue weighted by Crippen LogP contribution is 2.21. The van der Waals surface area contributed by atoms with Gasteiger partial charge in [0, 0.05) is 53.4 Å². The van der Waals surface area contributed by atoms with Crippen molar-refractivity contribution in [3.8, 4) is 0 Å². The van der Waals surface area contributed by atoms with E-state index in [1.165, 1.54) is 6.42 Å². The number of carbonyl (C=O) groups excluding carboxylic acids is 1. The van der Waals surface area contributed by atoms with E-state index < -0.39 is 0 Å². The molecule has 0 radical (unpaired) electrons. The second kappa shape index (κ2) is 11.1. The van der Waals surface area contributed by atoms with Crippen molar-refractivity contribution in [2.24, 2.45) is 23.9 Å². The summed E-state index contributed by atoms with van der Waals surface area (Å²) >= 11 is 0. The van der Waals surface area contributed by atoms with Crippen LogP contribution in [0.4, 0.5) is 0 Å². The molecule has 2 atom stereocenters. The SMILES string of the molecule is CN=C(NCc1ncnn1C)N1CCN(CC(=O)N2CC(C)CC(C)C2)CC1.I. The summed E-state index contributed by atoms with van der Waals surface area (Å²) in [6.07, 6.45) is 2.78. The predicted octanol–water partition coefficient (Wildman–Crippen LogP) is 0.631. The molecular formula is C19H35IN8O. The molecule has 0 aromatic carbocycles. The fourth-order valence-corrected chi connectivity index (χ4v) is 4.25. The molecule has 1 N–H and O–H groups in total. The number of hydrogen-bond acceptors (Lipinski definition) is 5. The van der Waals surface area contributed by atoms with Crippen molar-refractivity contribution < 1.29 is 4.79 Å². The molecule has 2 fully saturated rings. The first-order chi connectivity index (χ1) is 13.5. The molecule has 0 saturated carbocycles. The third-order valence-electron chi connectivity index (χ3n) is 5.67. The van der Waals surface area contributed by atoms with Crippen molar-refractivity contribution in [1.82, 2.24) is 34.8 Å². The molecule has 0 bridgehead atoms. The van der Waals surface area contributed by atoms with E-state index in [-0.39, 0.29) is 29.9 Å². The molecule has 164 valence electrons. The van der Waals surface area contributed by atoms with Gasteiger partial charge in [-0.25, -0.2) is 4.98 Å². The molecule has 1 aromatic heterocycles. The molecule has 1 aromatic rings. The van der Waals surface area contributed by atoms with Gasteiger partial charge < -0.3 is 15.1 Å². The van der Waals surface area contributed by atoms with E-state index in [0.29, 0.717) is 24.9 Å². The van der Waals surface area contributed by atoms with Crippen molar-refractivity contribution in [2.75, 3.05) is 52.9 Å². The van der Waals surface area contributed by atoms with Gasteiger partial charge in [-0.05, 0) is 18.3 Å². The lowest BCUT2D eigenvalue weighted by Crippen LogP contribution is -2.55. The maximum absolute atomic E-state index is 12.7. The number of nitrogens with zero attached hydrogens (tertiary/aromatic N) is 7.